The van der Waals surface area contributed by atoms with E-state index in [4.69, 9.17) is 28.9 Å². The first-order valence-corrected chi connectivity index (χ1v) is 3.63. The van der Waals surface area contributed by atoms with Crippen LogP contribution in [0.1, 0.15) is 19.3 Å². The SMILES string of the molecule is Cl.NCCCCC(Cl)Cl. The molecule has 58 valence electrons. The minimum atomic E-state index is -0.207. The Balaban J connectivity index is 0. The average molecular weight is 193 g/mol. The van der Waals surface area contributed by atoms with Crippen LogP contribution in [0.2, 0.25) is 0 Å². The molecule has 0 aliphatic carbocycles. The van der Waals surface area contributed by atoms with E-state index in [1.165, 1.54) is 0 Å². The van der Waals surface area contributed by atoms with E-state index in [9.17, 15) is 0 Å². The second-order valence-electron chi connectivity index (χ2n) is 1.68. The smallest absolute Gasteiger partial charge is 0.107 e. The summed E-state index contributed by atoms with van der Waals surface area (Å²) in [5.74, 6) is 0. The van der Waals surface area contributed by atoms with E-state index in [2.05, 4.69) is 0 Å². The summed E-state index contributed by atoms with van der Waals surface area (Å²) in [6, 6.07) is 0. The van der Waals surface area contributed by atoms with Crippen molar-refractivity contribution >= 4 is 35.6 Å². The predicted molar refractivity (Wildman–Crippen MR) is 45.6 cm³/mol. The van der Waals surface area contributed by atoms with Crippen molar-refractivity contribution in [2.45, 2.75) is 24.1 Å². The van der Waals surface area contributed by atoms with Gasteiger partial charge in [0.2, 0.25) is 0 Å². The second-order valence-corrected chi connectivity index (χ2v) is 2.95. The van der Waals surface area contributed by atoms with Crippen molar-refractivity contribution < 1.29 is 0 Å². The Kier molecular flexibility index (Phi) is 12.3. The van der Waals surface area contributed by atoms with Crippen LogP contribution in [0.3, 0.4) is 0 Å². The molecule has 0 aromatic rings. The van der Waals surface area contributed by atoms with Gasteiger partial charge >= 0.3 is 0 Å². The van der Waals surface area contributed by atoms with Gasteiger partial charge in [-0.05, 0) is 25.8 Å². The third kappa shape index (κ3) is 12.1. The van der Waals surface area contributed by atoms with Gasteiger partial charge in [-0.15, -0.1) is 35.6 Å². The highest BCUT2D eigenvalue weighted by Gasteiger charge is 1.95. The predicted octanol–water partition coefficient (Wildman–Crippen LogP) is 2.34. The van der Waals surface area contributed by atoms with Crippen LogP contribution in [0.25, 0.3) is 0 Å². The van der Waals surface area contributed by atoms with Crippen molar-refractivity contribution in [2.75, 3.05) is 6.54 Å². The maximum Gasteiger partial charge on any atom is 0.107 e. The Hall–Kier alpha value is 0.830. The molecular formula is C5H12Cl3N. The number of halogens is 3. The van der Waals surface area contributed by atoms with Crippen LogP contribution in [-0.2, 0) is 0 Å². The minimum Gasteiger partial charge on any atom is -0.330 e. The highest BCUT2D eigenvalue weighted by molar-refractivity contribution is 6.44. The van der Waals surface area contributed by atoms with E-state index in [1.54, 1.807) is 0 Å². The van der Waals surface area contributed by atoms with Crippen LogP contribution in [0, 0.1) is 0 Å². The molecule has 4 heteroatoms. The molecule has 0 amide bonds. The van der Waals surface area contributed by atoms with Crippen molar-refractivity contribution in [3.63, 3.8) is 0 Å². The van der Waals surface area contributed by atoms with Gasteiger partial charge in [-0.1, -0.05) is 0 Å². The third-order valence-electron chi connectivity index (χ3n) is 0.876. The number of hydrogen-bond acceptors (Lipinski definition) is 1. The highest BCUT2D eigenvalue weighted by Crippen LogP contribution is 2.10. The lowest BCUT2D eigenvalue weighted by molar-refractivity contribution is 0.716. The van der Waals surface area contributed by atoms with Gasteiger partial charge in [0.05, 0.1) is 0 Å². The molecule has 0 spiro atoms. The van der Waals surface area contributed by atoms with Gasteiger partial charge in [0, 0.05) is 0 Å². The topological polar surface area (TPSA) is 26.0 Å². The molecule has 0 unspecified atom stereocenters. The first-order chi connectivity index (χ1) is 3.77. The Bertz CT molecular complexity index is 49.5. The molecule has 0 saturated carbocycles. The van der Waals surface area contributed by atoms with Crippen molar-refractivity contribution in [3.05, 3.63) is 0 Å². The van der Waals surface area contributed by atoms with Crippen LogP contribution < -0.4 is 5.73 Å². The first kappa shape index (κ1) is 12.5. The lowest BCUT2D eigenvalue weighted by Crippen LogP contribution is -1.98. The Morgan fingerprint density at radius 3 is 2.11 bits per heavy atom. The van der Waals surface area contributed by atoms with E-state index in [0.717, 1.165) is 25.8 Å². The molecule has 0 radical (unpaired) electrons. The summed E-state index contributed by atoms with van der Waals surface area (Å²) in [6.45, 7) is 0.737. The van der Waals surface area contributed by atoms with Gasteiger partial charge in [-0.3, -0.25) is 0 Å². The number of alkyl halides is 2. The lowest BCUT2D eigenvalue weighted by Gasteiger charge is -1.96. The largest absolute Gasteiger partial charge is 0.330 e. The zero-order valence-corrected chi connectivity index (χ0v) is 7.48. The molecule has 1 nitrogen and oxygen atoms in total. The van der Waals surface area contributed by atoms with Crippen molar-refractivity contribution in [3.8, 4) is 0 Å². The summed E-state index contributed by atoms with van der Waals surface area (Å²) in [7, 11) is 0. The van der Waals surface area contributed by atoms with Crippen molar-refractivity contribution in [1.29, 1.82) is 0 Å². The van der Waals surface area contributed by atoms with E-state index in [-0.39, 0.29) is 17.2 Å². The van der Waals surface area contributed by atoms with Crippen LogP contribution in [-0.4, -0.2) is 11.4 Å². The van der Waals surface area contributed by atoms with Gasteiger partial charge in [-0.2, -0.15) is 0 Å². The number of rotatable bonds is 4. The highest BCUT2D eigenvalue weighted by atomic mass is 35.5. The molecule has 0 bridgehead atoms. The summed E-state index contributed by atoms with van der Waals surface area (Å²) >= 11 is 10.9. The molecule has 0 atom stereocenters. The normalized spacial score (nSPS) is 9.33. The molecule has 0 fully saturated rings. The minimum absolute atomic E-state index is 0. The Morgan fingerprint density at radius 1 is 1.22 bits per heavy atom. The summed E-state index contributed by atoms with van der Waals surface area (Å²) in [6.07, 6.45) is 2.92. The molecule has 0 aliphatic rings. The van der Waals surface area contributed by atoms with Gasteiger partial charge in [0.25, 0.3) is 0 Å². The number of unbranched alkanes of at least 4 members (excludes halogenated alkanes) is 1. The van der Waals surface area contributed by atoms with Crippen LogP contribution >= 0.6 is 35.6 Å². The van der Waals surface area contributed by atoms with Crippen LogP contribution in [0.15, 0.2) is 0 Å². The van der Waals surface area contributed by atoms with Crippen molar-refractivity contribution in [1.82, 2.24) is 0 Å². The maximum atomic E-state index is 5.44. The quantitative estimate of drug-likeness (QED) is 0.537. The summed E-state index contributed by atoms with van der Waals surface area (Å²) < 4.78 is 0. The maximum absolute atomic E-state index is 5.44. The van der Waals surface area contributed by atoms with Crippen LogP contribution in [0.5, 0.6) is 0 Å². The van der Waals surface area contributed by atoms with E-state index < -0.39 is 0 Å². The number of nitrogens with two attached hydrogens (primary N) is 1. The molecule has 9 heavy (non-hydrogen) atoms. The standard InChI is InChI=1S/C5H11Cl2N.ClH/c6-5(7)3-1-2-4-8;/h5H,1-4,8H2;1H. The number of hydrogen-bond donors (Lipinski definition) is 1. The Labute approximate surface area is 72.3 Å². The lowest BCUT2D eigenvalue weighted by atomic mass is 10.2. The zero-order chi connectivity index (χ0) is 6.41. The van der Waals surface area contributed by atoms with E-state index in [0.29, 0.717) is 0 Å². The van der Waals surface area contributed by atoms with Gasteiger partial charge in [0.15, 0.2) is 0 Å². The van der Waals surface area contributed by atoms with Gasteiger partial charge in [-0.25, -0.2) is 0 Å². The molecule has 2 N–H and O–H groups in total. The monoisotopic (exact) mass is 191 g/mol. The van der Waals surface area contributed by atoms with Crippen LogP contribution in [0.4, 0.5) is 0 Å². The fourth-order valence-corrected chi connectivity index (χ4v) is 0.752. The van der Waals surface area contributed by atoms with E-state index in [1.807, 2.05) is 0 Å². The molecule has 0 heterocycles. The first-order valence-electron chi connectivity index (χ1n) is 2.75. The summed E-state index contributed by atoms with van der Waals surface area (Å²) in [5.41, 5.74) is 5.23. The van der Waals surface area contributed by atoms with Crippen molar-refractivity contribution in [2.24, 2.45) is 5.73 Å². The fourth-order valence-electron chi connectivity index (χ4n) is 0.443. The Morgan fingerprint density at radius 2 is 1.78 bits per heavy atom. The summed E-state index contributed by atoms with van der Waals surface area (Å²) in [5, 5.41) is 0. The van der Waals surface area contributed by atoms with E-state index >= 15 is 0 Å². The third-order valence-corrected chi connectivity index (χ3v) is 1.31. The fraction of sp³-hybridized carbons (Fsp3) is 1.00. The molecule has 0 aromatic carbocycles. The summed E-state index contributed by atoms with van der Waals surface area (Å²) in [4.78, 5) is -0.207. The van der Waals surface area contributed by atoms with Gasteiger partial charge in [0.1, 0.15) is 4.84 Å². The molecule has 0 aromatic heterocycles. The second kappa shape index (κ2) is 8.83. The zero-order valence-electron chi connectivity index (χ0n) is 5.15. The molecule has 0 rings (SSSR count). The average Bonchev–Trinajstić information content (AvgIpc) is 1.66. The van der Waals surface area contributed by atoms with Gasteiger partial charge < -0.3 is 5.73 Å². The molecule has 0 saturated heterocycles. The molecule has 0 aliphatic heterocycles. The molecular weight excluding hydrogens is 180 g/mol.